The summed E-state index contributed by atoms with van der Waals surface area (Å²) in [5.41, 5.74) is 0.694. The van der Waals surface area contributed by atoms with E-state index in [2.05, 4.69) is 15.0 Å². The number of aromatic nitrogens is 1. The first kappa shape index (κ1) is 19.0. The van der Waals surface area contributed by atoms with Crippen LogP contribution in [0, 0.1) is 5.92 Å². The average molecular weight is 379 g/mol. The van der Waals surface area contributed by atoms with E-state index in [-0.39, 0.29) is 11.7 Å². The summed E-state index contributed by atoms with van der Waals surface area (Å²) in [6.45, 7) is 2.03. The van der Waals surface area contributed by atoms with Gasteiger partial charge in [-0.3, -0.25) is 4.79 Å². The van der Waals surface area contributed by atoms with Crippen LogP contribution in [0.1, 0.15) is 23.2 Å². The number of nitrogens with zero attached hydrogens (tertiary/aromatic N) is 2. The first-order valence-electron chi connectivity index (χ1n) is 8.71. The summed E-state index contributed by atoms with van der Waals surface area (Å²) in [5, 5.41) is 3.13. The second-order valence-corrected chi connectivity index (χ2v) is 6.41. The van der Waals surface area contributed by atoms with Crippen molar-refractivity contribution in [3.05, 3.63) is 54.2 Å². The van der Waals surface area contributed by atoms with Crippen LogP contribution in [0.3, 0.4) is 0 Å². The minimum atomic E-state index is -4.72. The number of ether oxygens (including phenoxy) is 1. The molecule has 1 N–H and O–H groups in total. The molecule has 1 aliphatic rings. The van der Waals surface area contributed by atoms with E-state index in [4.69, 9.17) is 0 Å². The van der Waals surface area contributed by atoms with E-state index in [1.807, 2.05) is 35.2 Å². The van der Waals surface area contributed by atoms with E-state index < -0.39 is 6.36 Å². The molecular formula is C19H20F3N3O2. The fraction of sp³-hybridized carbons (Fsp3) is 0.368. The molecule has 2 heterocycles. The molecule has 1 aliphatic heterocycles. The Labute approximate surface area is 155 Å². The third kappa shape index (κ3) is 5.60. The molecule has 1 aromatic heterocycles. The monoisotopic (exact) mass is 379 g/mol. The summed E-state index contributed by atoms with van der Waals surface area (Å²) in [6.07, 6.45) is -1.96. The van der Waals surface area contributed by atoms with Crippen molar-refractivity contribution in [2.75, 3.05) is 25.0 Å². The highest BCUT2D eigenvalue weighted by atomic mass is 19.4. The number of piperidine rings is 1. The normalized spacial score (nSPS) is 15.4. The van der Waals surface area contributed by atoms with E-state index in [1.54, 1.807) is 0 Å². The van der Waals surface area contributed by atoms with Gasteiger partial charge in [-0.1, -0.05) is 18.2 Å². The molecule has 0 spiro atoms. The Morgan fingerprint density at radius 2 is 1.85 bits per heavy atom. The van der Waals surface area contributed by atoms with Crippen LogP contribution in [-0.4, -0.2) is 41.8 Å². The number of hydrogen-bond donors (Lipinski definition) is 1. The molecule has 144 valence electrons. The lowest BCUT2D eigenvalue weighted by Gasteiger charge is -2.32. The molecule has 0 aliphatic carbocycles. The number of anilines is 1. The largest absolute Gasteiger partial charge is 0.573 e. The minimum Gasteiger partial charge on any atom is -0.404 e. The molecule has 1 aromatic carbocycles. The summed E-state index contributed by atoms with van der Waals surface area (Å²) < 4.78 is 40.2. The zero-order valence-corrected chi connectivity index (χ0v) is 14.6. The molecule has 8 heteroatoms. The van der Waals surface area contributed by atoms with Crippen molar-refractivity contribution in [1.82, 2.24) is 9.88 Å². The third-order valence-electron chi connectivity index (χ3n) is 4.46. The van der Waals surface area contributed by atoms with Crippen molar-refractivity contribution in [2.24, 2.45) is 5.92 Å². The van der Waals surface area contributed by atoms with E-state index >= 15 is 0 Å². The van der Waals surface area contributed by atoms with Gasteiger partial charge in [-0.05, 0) is 43.0 Å². The van der Waals surface area contributed by atoms with Gasteiger partial charge in [0, 0.05) is 25.2 Å². The Balaban J connectivity index is 1.44. The fourth-order valence-electron chi connectivity index (χ4n) is 3.03. The van der Waals surface area contributed by atoms with Gasteiger partial charge in [0.1, 0.15) is 11.6 Å². The summed E-state index contributed by atoms with van der Waals surface area (Å²) >= 11 is 0. The highest BCUT2D eigenvalue weighted by molar-refractivity contribution is 5.94. The first-order valence-corrected chi connectivity index (χ1v) is 8.71. The second kappa shape index (κ2) is 8.28. The number of rotatable bonds is 5. The van der Waals surface area contributed by atoms with E-state index in [1.165, 1.54) is 12.1 Å². The van der Waals surface area contributed by atoms with E-state index in [9.17, 15) is 18.0 Å². The Morgan fingerprint density at radius 1 is 1.15 bits per heavy atom. The molecule has 0 unspecified atom stereocenters. The van der Waals surface area contributed by atoms with Crippen LogP contribution >= 0.6 is 0 Å². The van der Waals surface area contributed by atoms with Gasteiger partial charge < -0.3 is 15.0 Å². The zero-order valence-electron chi connectivity index (χ0n) is 14.6. The first-order chi connectivity index (χ1) is 12.9. The molecule has 1 fully saturated rings. The summed E-state index contributed by atoms with van der Waals surface area (Å²) in [5.74, 6) is 0.565. The lowest BCUT2D eigenvalue weighted by atomic mass is 9.96. The van der Waals surface area contributed by atoms with Crippen molar-refractivity contribution in [1.29, 1.82) is 0 Å². The molecule has 0 atom stereocenters. The maximum atomic E-state index is 12.4. The maximum Gasteiger partial charge on any atom is 0.573 e. The molecule has 27 heavy (non-hydrogen) atoms. The van der Waals surface area contributed by atoms with Crippen LogP contribution < -0.4 is 10.1 Å². The molecule has 1 amide bonds. The summed E-state index contributed by atoms with van der Waals surface area (Å²) in [7, 11) is 0. The van der Waals surface area contributed by atoms with Gasteiger partial charge >= 0.3 is 6.36 Å². The summed E-state index contributed by atoms with van der Waals surface area (Å²) in [6, 6.07) is 11.9. The predicted octanol–water partition coefficient (Wildman–Crippen LogP) is 3.94. The standard InChI is InChI=1S/C19H20F3N3O2/c20-19(21,22)27-16-6-7-17(24-13-16)23-12-14-8-10-25(11-9-14)18(26)15-4-2-1-3-5-15/h1-7,13-14H,8-12H2,(H,23,24). The van der Waals surface area contributed by atoms with Crippen molar-refractivity contribution in [3.63, 3.8) is 0 Å². The van der Waals surface area contributed by atoms with E-state index in [0.29, 0.717) is 36.9 Å². The number of halogens is 3. The van der Waals surface area contributed by atoms with Gasteiger partial charge in [0.2, 0.25) is 0 Å². The molecule has 0 saturated carbocycles. The Hall–Kier alpha value is -2.77. The Kier molecular flexibility index (Phi) is 5.83. The highest BCUT2D eigenvalue weighted by Gasteiger charge is 2.31. The van der Waals surface area contributed by atoms with Crippen LogP contribution in [0.25, 0.3) is 0 Å². The van der Waals surface area contributed by atoms with Crippen LogP contribution in [-0.2, 0) is 0 Å². The topological polar surface area (TPSA) is 54.5 Å². The number of likely N-dealkylation sites (tertiary alicyclic amines) is 1. The van der Waals surface area contributed by atoms with Crippen LogP contribution in [0.2, 0.25) is 0 Å². The van der Waals surface area contributed by atoms with Gasteiger partial charge in [-0.15, -0.1) is 13.2 Å². The molecule has 0 bridgehead atoms. The molecule has 2 aromatic rings. The van der Waals surface area contributed by atoms with Gasteiger partial charge in [0.05, 0.1) is 6.20 Å². The van der Waals surface area contributed by atoms with Gasteiger partial charge in [0.25, 0.3) is 5.91 Å². The number of benzene rings is 1. The number of alkyl halides is 3. The van der Waals surface area contributed by atoms with Gasteiger partial charge in [-0.2, -0.15) is 0 Å². The number of carbonyl (C=O) groups excluding carboxylic acids is 1. The Morgan fingerprint density at radius 3 is 2.44 bits per heavy atom. The second-order valence-electron chi connectivity index (χ2n) is 6.41. The fourth-order valence-corrected chi connectivity index (χ4v) is 3.03. The molecule has 3 rings (SSSR count). The minimum absolute atomic E-state index is 0.0453. The Bertz CT molecular complexity index is 743. The lowest BCUT2D eigenvalue weighted by molar-refractivity contribution is -0.274. The van der Waals surface area contributed by atoms with Gasteiger partial charge in [-0.25, -0.2) is 4.98 Å². The van der Waals surface area contributed by atoms with Gasteiger partial charge in [0.15, 0.2) is 0 Å². The quantitative estimate of drug-likeness (QED) is 0.855. The predicted molar refractivity (Wildman–Crippen MR) is 94.5 cm³/mol. The number of nitrogens with one attached hydrogen (secondary N) is 1. The van der Waals surface area contributed by atoms with E-state index in [0.717, 1.165) is 19.0 Å². The summed E-state index contributed by atoms with van der Waals surface area (Å²) in [4.78, 5) is 18.2. The number of carbonyl (C=O) groups is 1. The maximum absolute atomic E-state index is 12.4. The molecule has 0 radical (unpaired) electrons. The van der Waals surface area contributed by atoms with Crippen molar-refractivity contribution < 1.29 is 22.7 Å². The third-order valence-corrected chi connectivity index (χ3v) is 4.46. The molecular weight excluding hydrogens is 359 g/mol. The SMILES string of the molecule is O=C(c1ccccc1)N1CCC(CNc2ccc(OC(F)(F)F)cn2)CC1. The lowest BCUT2D eigenvalue weighted by Crippen LogP contribution is -2.39. The van der Waals surface area contributed by atoms with Crippen LogP contribution in [0.15, 0.2) is 48.7 Å². The van der Waals surface area contributed by atoms with Crippen LogP contribution in [0.4, 0.5) is 19.0 Å². The smallest absolute Gasteiger partial charge is 0.404 e. The highest BCUT2D eigenvalue weighted by Crippen LogP contribution is 2.23. The van der Waals surface area contributed by atoms with Crippen LogP contribution in [0.5, 0.6) is 5.75 Å². The van der Waals surface area contributed by atoms with Crippen molar-refractivity contribution in [3.8, 4) is 5.75 Å². The number of amides is 1. The van der Waals surface area contributed by atoms with Crippen molar-refractivity contribution in [2.45, 2.75) is 19.2 Å². The zero-order chi connectivity index (χ0) is 19.3. The number of hydrogen-bond acceptors (Lipinski definition) is 4. The molecule has 5 nitrogen and oxygen atoms in total. The van der Waals surface area contributed by atoms with Crippen molar-refractivity contribution >= 4 is 11.7 Å². The molecule has 1 saturated heterocycles. The number of pyridine rings is 1. The average Bonchev–Trinajstić information content (AvgIpc) is 2.67.